The van der Waals surface area contributed by atoms with Gasteiger partial charge in [-0.25, -0.2) is 0 Å². The van der Waals surface area contributed by atoms with Crippen LogP contribution in [-0.4, -0.2) is 13.8 Å². The van der Waals surface area contributed by atoms with Gasteiger partial charge in [0.15, 0.2) is 6.71 Å². The van der Waals surface area contributed by atoms with Gasteiger partial charge in [-0.2, -0.15) is 0 Å². The molecule has 0 bridgehead atoms. The van der Waals surface area contributed by atoms with Crippen LogP contribution in [0.15, 0.2) is 48.5 Å². The monoisotopic (exact) mass is 256 g/mol. The molecule has 0 aliphatic heterocycles. The van der Waals surface area contributed by atoms with E-state index < -0.39 is 0 Å². The van der Waals surface area contributed by atoms with E-state index in [-0.39, 0.29) is 7.43 Å². The SMILES string of the molecule is C.COc1cccc(Oc2ccc(B(C)C)cc2)c1. The van der Waals surface area contributed by atoms with E-state index in [2.05, 4.69) is 25.8 Å². The minimum Gasteiger partial charge on any atom is -0.497 e. The van der Waals surface area contributed by atoms with Crippen LogP contribution in [0.4, 0.5) is 0 Å². The van der Waals surface area contributed by atoms with Crippen molar-refractivity contribution >= 4 is 12.2 Å². The van der Waals surface area contributed by atoms with E-state index in [9.17, 15) is 0 Å². The third-order valence-electron chi connectivity index (χ3n) is 2.82. The van der Waals surface area contributed by atoms with Gasteiger partial charge in [0, 0.05) is 6.07 Å². The topological polar surface area (TPSA) is 18.5 Å². The van der Waals surface area contributed by atoms with Gasteiger partial charge in [-0.1, -0.05) is 44.7 Å². The Morgan fingerprint density at radius 1 is 0.842 bits per heavy atom. The lowest BCUT2D eigenvalue weighted by Crippen LogP contribution is -2.21. The lowest BCUT2D eigenvalue weighted by molar-refractivity contribution is 0.409. The molecule has 2 aromatic rings. The van der Waals surface area contributed by atoms with E-state index in [0.29, 0.717) is 6.71 Å². The summed E-state index contributed by atoms with van der Waals surface area (Å²) in [5.41, 5.74) is 1.31. The molecule has 0 fully saturated rings. The largest absolute Gasteiger partial charge is 0.497 e. The van der Waals surface area contributed by atoms with Crippen molar-refractivity contribution in [2.75, 3.05) is 7.11 Å². The lowest BCUT2D eigenvalue weighted by Gasteiger charge is -2.08. The summed E-state index contributed by atoms with van der Waals surface area (Å²) in [6.45, 7) is 4.89. The van der Waals surface area contributed by atoms with Crippen molar-refractivity contribution in [3.05, 3.63) is 48.5 Å². The van der Waals surface area contributed by atoms with Crippen LogP contribution >= 0.6 is 0 Å². The van der Waals surface area contributed by atoms with E-state index in [0.717, 1.165) is 17.2 Å². The van der Waals surface area contributed by atoms with Gasteiger partial charge in [-0.15, -0.1) is 0 Å². The fourth-order valence-electron chi connectivity index (χ4n) is 1.72. The third-order valence-corrected chi connectivity index (χ3v) is 2.82. The summed E-state index contributed by atoms with van der Waals surface area (Å²) in [6.07, 6.45) is 0. The summed E-state index contributed by atoms with van der Waals surface area (Å²) in [7, 11) is 1.65. The van der Waals surface area contributed by atoms with Crippen molar-refractivity contribution < 1.29 is 9.47 Å². The number of benzene rings is 2. The molecule has 100 valence electrons. The van der Waals surface area contributed by atoms with E-state index in [1.165, 1.54) is 5.46 Å². The van der Waals surface area contributed by atoms with Crippen LogP contribution in [-0.2, 0) is 0 Å². The molecule has 0 spiro atoms. The molecule has 0 heterocycles. The standard InChI is InChI=1S/C15H17BO2.CH4/c1-16(2)12-7-9-13(10-8-12)18-15-6-4-5-14(11-15)17-3;/h4-11H,1-3H3;1H4. The van der Waals surface area contributed by atoms with Gasteiger partial charge >= 0.3 is 0 Å². The Labute approximate surface area is 116 Å². The first-order chi connectivity index (χ1) is 8.69. The van der Waals surface area contributed by atoms with Crippen molar-refractivity contribution in [1.82, 2.24) is 0 Å². The minimum atomic E-state index is 0. The number of hydrogen-bond donors (Lipinski definition) is 0. The number of hydrogen-bond acceptors (Lipinski definition) is 2. The molecular formula is C16H21BO2. The molecule has 0 aliphatic rings. The van der Waals surface area contributed by atoms with Crippen molar-refractivity contribution in [3.8, 4) is 17.2 Å². The molecule has 0 amide bonds. The van der Waals surface area contributed by atoms with E-state index in [4.69, 9.17) is 9.47 Å². The maximum atomic E-state index is 5.78. The van der Waals surface area contributed by atoms with E-state index >= 15 is 0 Å². The minimum absolute atomic E-state index is 0. The van der Waals surface area contributed by atoms with Crippen LogP contribution in [0, 0.1) is 0 Å². The number of methoxy groups -OCH3 is 1. The molecule has 0 atom stereocenters. The Balaban J connectivity index is 0.00000180. The molecule has 2 aromatic carbocycles. The summed E-state index contributed by atoms with van der Waals surface area (Å²) in [5.74, 6) is 2.42. The Morgan fingerprint density at radius 3 is 2.05 bits per heavy atom. The van der Waals surface area contributed by atoms with Gasteiger partial charge in [0.25, 0.3) is 0 Å². The zero-order valence-electron chi connectivity index (χ0n) is 11.0. The zero-order valence-corrected chi connectivity index (χ0v) is 11.0. The van der Waals surface area contributed by atoms with Gasteiger partial charge in [0.1, 0.15) is 17.2 Å². The zero-order chi connectivity index (χ0) is 13.0. The molecule has 0 radical (unpaired) electrons. The van der Waals surface area contributed by atoms with E-state index in [1.807, 2.05) is 36.4 Å². The first kappa shape index (κ1) is 15.2. The van der Waals surface area contributed by atoms with E-state index in [1.54, 1.807) is 7.11 Å². The molecule has 19 heavy (non-hydrogen) atoms. The Morgan fingerprint density at radius 2 is 1.47 bits per heavy atom. The summed E-state index contributed by atoms with van der Waals surface area (Å²) < 4.78 is 10.9. The summed E-state index contributed by atoms with van der Waals surface area (Å²) >= 11 is 0. The Bertz CT molecular complexity index is 506. The fraction of sp³-hybridized carbons (Fsp3) is 0.250. The van der Waals surface area contributed by atoms with Crippen LogP contribution in [0.3, 0.4) is 0 Å². The van der Waals surface area contributed by atoms with Crippen LogP contribution < -0.4 is 14.9 Å². The Kier molecular flexibility index (Phi) is 5.49. The van der Waals surface area contributed by atoms with Crippen molar-refractivity contribution in [1.29, 1.82) is 0 Å². The highest BCUT2D eigenvalue weighted by molar-refractivity contribution is 6.70. The Hall–Kier alpha value is -1.90. The lowest BCUT2D eigenvalue weighted by atomic mass is 9.49. The molecule has 0 saturated heterocycles. The highest BCUT2D eigenvalue weighted by Crippen LogP contribution is 2.24. The quantitative estimate of drug-likeness (QED) is 0.767. The second kappa shape index (κ2) is 6.88. The first-order valence-electron chi connectivity index (χ1n) is 6.11. The molecule has 3 heteroatoms. The van der Waals surface area contributed by atoms with Gasteiger partial charge in [-0.3, -0.25) is 0 Å². The number of rotatable bonds is 4. The summed E-state index contributed by atoms with van der Waals surface area (Å²) in [6, 6.07) is 15.8. The second-order valence-corrected chi connectivity index (χ2v) is 4.50. The highest BCUT2D eigenvalue weighted by atomic mass is 16.5. The highest BCUT2D eigenvalue weighted by Gasteiger charge is 2.03. The average Bonchev–Trinajstić information content (AvgIpc) is 2.39. The molecular weight excluding hydrogens is 235 g/mol. The molecule has 0 N–H and O–H groups in total. The van der Waals surface area contributed by atoms with Gasteiger partial charge in [0.05, 0.1) is 7.11 Å². The molecule has 0 aromatic heterocycles. The predicted octanol–water partition coefficient (Wildman–Crippen LogP) is 4.09. The summed E-state index contributed by atoms with van der Waals surface area (Å²) in [5, 5.41) is 0. The molecule has 0 aliphatic carbocycles. The molecule has 0 saturated carbocycles. The molecule has 2 nitrogen and oxygen atoms in total. The molecule has 0 unspecified atom stereocenters. The molecule has 2 rings (SSSR count). The fourth-order valence-corrected chi connectivity index (χ4v) is 1.72. The van der Waals surface area contributed by atoms with Gasteiger partial charge in [-0.05, 0) is 24.3 Å². The summed E-state index contributed by atoms with van der Waals surface area (Å²) in [4.78, 5) is 0. The van der Waals surface area contributed by atoms with Crippen molar-refractivity contribution in [2.45, 2.75) is 21.1 Å². The average molecular weight is 256 g/mol. The van der Waals surface area contributed by atoms with Crippen LogP contribution in [0.1, 0.15) is 7.43 Å². The number of ether oxygens (including phenoxy) is 2. The maximum absolute atomic E-state index is 5.78. The third kappa shape index (κ3) is 4.06. The van der Waals surface area contributed by atoms with Gasteiger partial charge < -0.3 is 9.47 Å². The smallest absolute Gasteiger partial charge is 0.169 e. The van der Waals surface area contributed by atoms with Gasteiger partial charge in [0.2, 0.25) is 0 Å². The van der Waals surface area contributed by atoms with Crippen LogP contribution in [0.25, 0.3) is 0 Å². The second-order valence-electron chi connectivity index (χ2n) is 4.50. The first-order valence-corrected chi connectivity index (χ1v) is 6.11. The normalized spacial score (nSPS) is 9.42. The van der Waals surface area contributed by atoms with Crippen LogP contribution in [0.5, 0.6) is 17.2 Å². The predicted molar refractivity (Wildman–Crippen MR) is 83.4 cm³/mol. The maximum Gasteiger partial charge on any atom is 0.169 e. The van der Waals surface area contributed by atoms with Crippen molar-refractivity contribution in [3.63, 3.8) is 0 Å². The van der Waals surface area contributed by atoms with Crippen molar-refractivity contribution in [2.24, 2.45) is 0 Å². The van der Waals surface area contributed by atoms with Crippen LogP contribution in [0.2, 0.25) is 13.6 Å².